The second-order valence-electron chi connectivity index (χ2n) is 6.42. The summed E-state index contributed by atoms with van der Waals surface area (Å²) in [6.07, 6.45) is 3.43. The molecule has 0 amide bonds. The Morgan fingerprint density at radius 3 is 2.70 bits per heavy atom. The van der Waals surface area contributed by atoms with Gasteiger partial charge in [-0.1, -0.05) is 47.6 Å². The van der Waals surface area contributed by atoms with E-state index in [4.69, 9.17) is 16.3 Å². The number of benzene rings is 2. The molecular weight excluding hydrogens is 420 g/mol. The van der Waals surface area contributed by atoms with Gasteiger partial charge in [-0.3, -0.25) is 14.3 Å². The highest BCUT2D eigenvalue weighted by molar-refractivity contribution is 7.99. The van der Waals surface area contributed by atoms with Crippen LogP contribution in [0.3, 0.4) is 0 Å². The van der Waals surface area contributed by atoms with Crippen LogP contribution in [0.15, 0.2) is 78.2 Å². The van der Waals surface area contributed by atoms with E-state index in [-0.39, 0.29) is 5.75 Å². The van der Waals surface area contributed by atoms with Gasteiger partial charge in [-0.25, -0.2) is 0 Å². The average Bonchev–Trinajstić information content (AvgIpc) is 3.20. The van der Waals surface area contributed by atoms with Crippen molar-refractivity contribution in [1.29, 1.82) is 0 Å². The van der Waals surface area contributed by atoms with E-state index >= 15 is 0 Å². The summed E-state index contributed by atoms with van der Waals surface area (Å²) >= 11 is 7.36. The molecule has 0 radical (unpaired) electrons. The molecule has 2 heterocycles. The number of rotatable bonds is 6. The third-order valence-electron chi connectivity index (χ3n) is 4.20. The Morgan fingerprint density at radius 2 is 1.93 bits per heavy atom. The molecule has 0 aliphatic carbocycles. The number of nitrogens with zero attached hydrogens (tertiary/aromatic N) is 4. The monoisotopic (exact) mass is 436 g/mol. The molecule has 8 heteroatoms. The highest BCUT2D eigenvalue weighted by atomic mass is 35.5. The molecule has 0 atom stereocenters. The fourth-order valence-corrected chi connectivity index (χ4v) is 3.70. The van der Waals surface area contributed by atoms with Crippen molar-refractivity contribution < 1.29 is 9.53 Å². The molecule has 4 rings (SSSR count). The van der Waals surface area contributed by atoms with Crippen molar-refractivity contribution in [2.24, 2.45) is 0 Å². The predicted octanol–water partition coefficient (Wildman–Crippen LogP) is 4.99. The van der Waals surface area contributed by atoms with Gasteiger partial charge >= 0.3 is 5.97 Å². The molecule has 6 nitrogen and oxygen atoms in total. The maximum atomic E-state index is 12.4. The summed E-state index contributed by atoms with van der Waals surface area (Å²) in [4.78, 5) is 16.6. The standard InChI is InChI=1S/C22H17ClN4O2S/c1-15-9-10-18(23)19(12-15)29-20(28)14-30-22-26-25-21(16-6-5-11-24-13-16)27(22)17-7-3-2-4-8-17/h2-13H,14H2,1H3. The maximum Gasteiger partial charge on any atom is 0.321 e. The quantitative estimate of drug-likeness (QED) is 0.241. The fraction of sp³-hybridized carbons (Fsp3) is 0.0909. The van der Waals surface area contributed by atoms with Crippen molar-refractivity contribution in [3.05, 3.63) is 83.6 Å². The predicted molar refractivity (Wildman–Crippen MR) is 117 cm³/mol. The van der Waals surface area contributed by atoms with Crippen molar-refractivity contribution in [2.75, 3.05) is 5.75 Å². The second-order valence-corrected chi connectivity index (χ2v) is 7.77. The number of aryl methyl sites for hydroxylation is 1. The summed E-state index contributed by atoms with van der Waals surface area (Å²) in [6.45, 7) is 1.91. The maximum absolute atomic E-state index is 12.4. The third-order valence-corrected chi connectivity index (χ3v) is 5.41. The Hall–Kier alpha value is -3.16. The summed E-state index contributed by atoms with van der Waals surface area (Å²) in [5.41, 5.74) is 2.67. The molecule has 0 N–H and O–H groups in total. The van der Waals surface area contributed by atoms with Crippen molar-refractivity contribution in [2.45, 2.75) is 12.1 Å². The van der Waals surface area contributed by atoms with Gasteiger partial charge in [-0.05, 0) is 48.9 Å². The van der Waals surface area contributed by atoms with E-state index in [9.17, 15) is 4.79 Å². The molecule has 0 spiro atoms. The van der Waals surface area contributed by atoms with Crippen LogP contribution in [0.25, 0.3) is 17.1 Å². The lowest BCUT2D eigenvalue weighted by Crippen LogP contribution is -2.12. The number of pyridine rings is 1. The van der Waals surface area contributed by atoms with E-state index in [1.54, 1.807) is 24.5 Å². The SMILES string of the molecule is Cc1ccc(Cl)c(OC(=O)CSc2nnc(-c3cccnc3)n2-c2ccccc2)c1. The van der Waals surface area contributed by atoms with Gasteiger partial charge in [0.25, 0.3) is 0 Å². The Morgan fingerprint density at radius 1 is 1.10 bits per heavy atom. The van der Waals surface area contributed by atoms with Gasteiger partial charge in [-0.15, -0.1) is 10.2 Å². The zero-order valence-electron chi connectivity index (χ0n) is 16.0. The average molecular weight is 437 g/mol. The first kappa shape index (κ1) is 20.1. The molecule has 150 valence electrons. The van der Waals surface area contributed by atoms with Gasteiger partial charge in [0.05, 0.1) is 10.8 Å². The summed E-state index contributed by atoms with van der Waals surface area (Å²) in [6, 6.07) is 18.8. The molecule has 0 aliphatic heterocycles. The van der Waals surface area contributed by atoms with Crippen LogP contribution in [-0.2, 0) is 4.79 Å². The Bertz CT molecular complexity index is 1170. The Balaban J connectivity index is 1.58. The van der Waals surface area contributed by atoms with Crippen LogP contribution in [0.2, 0.25) is 5.02 Å². The van der Waals surface area contributed by atoms with Gasteiger partial charge in [0.1, 0.15) is 5.75 Å². The zero-order chi connectivity index (χ0) is 20.9. The zero-order valence-corrected chi connectivity index (χ0v) is 17.6. The number of halogens is 1. The van der Waals surface area contributed by atoms with Crippen molar-refractivity contribution in [1.82, 2.24) is 19.7 Å². The lowest BCUT2D eigenvalue weighted by Gasteiger charge is -2.10. The van der Waals surface area contributed by atoms with Gasteiger partial charge < -0.3 is 4.74 Å². The second kappa shape index (κ2) is 9.11. The molecule has 0 saturated heterocycles. The molecule has 0 aliphatic rings. The smallest absolute Gasteiger partial charge is 0.321 e. The van der Waals surface area contributed by atoms with Crippen molar-refractivity contribution in [3.8, 4) is 22.8 Å². The van der Waals surface area contributed by atoms with Gasteiger partial charge in [0, 0.05) is 23.6 Å². The Kier molecular flexibility index (Phi) is 6.11. The number of ether oxygens (including phenoxy) is 1. The lowest BCUT2D eigenvalue weighted by molar-refractivity contribution is -0.131. The van der Waals surface area contributed by atoms with Gasteiger partial charge in [0.15, 0.2) is 11.0 Å². The number of thioether (sulfide) groups is 1. The van der Waals surface area contributed by atoms with Crippen LogP contribution < -0.4 is 4.74 Å². The molecule has 0 saturated carbocycles. The highest BCUT2D eigenvalue weighted by Crippen LogP contribution is 2.29. The number of carbonyl (C=O) groups is 1. The van der Waals surface area contributed by atoms with E-state index in [0.29, 0.717) is 21.8 Å². The highest BCUT2D eigenvalue weighted by Gasteiger charge is 2.18. The number of hydrogen-bond acceptors (Lipinski definition) is 6. The number of carbonyl (C=O) groups excluding carboxylic acids is 1. The molecule has 0 fully saturated rings. The molecule has 0 unspecified atom stereocenters. The number of esters is 1. The molecule has 4 aromatic rings. The number of aromatic nitrogens is 4. The van der Waals surface area contributed by atoms with Crippen LogP contribution in [0, 0.1) is 6.92 Å². The Labute approximate surface area is 182 Å². The van der Waals surface area contributed by atoms with Crippen molar-refractivity contribution in [3.63, 3.8) is 0 Å². The van der Waals surface area contributed by atoms with E-state index in [2.05, 4.69) is 15.2 Å². The van der Waals surface area contributed by atoms with Crippen LogP contribution in [0.4, 0.5) is 0 Å². The van der Waals surface area contributed by atoms with E-state index in [1.165, 1.54) is 11.8 Å². The van der Waals surface area contributed by atoms with E-state index in [0.717, 1.165) is 16.8 Å². The van der Waals surface area contributed by atoms with E-state index < -0.39 is 5.97 Å². The first-order valence-corrected chi connectivity index (χ1v) is 10.5. The largest absolute Gasteiger partial charge is 0.424 e. The first-order chi connectivity index (χ1) is 14.6. The molecule has 0 bridgehead atoms. The molecular formula is C22H17ClN4O2S. The molecule has 2 aromatic carbocycles. The summed E-state index contributed by atoms with van der Waals surface area (Å²) < 4.78 is 7.32. The molecule has 30 heavy (non-hydrogen) atoms. The van der Waals surface area contributed by atoms with Gasteiger partial charge in [0.2, 0.25) is 0 Å². The minimum absolute atomic E-state index is 0.0578. The molecule has 2 aromatic heterocycles. The first-order valence-electron chi connectivity index (χ1n) is 9.12. The summed E-state index contributed by atoms with van der Waals surface area (Å²) in [7, 11) is 0. The van der Waals surface area contributed by atoms with Gasteiger partial charge in [-0.2, -0.15) is 0 Å². The summed E-state index contributed by atoms with van der Waals surface area (Å²) in [5, 5.41) is 9.59. The summed E-state index contributed by atoms with van der Waals surface area (Å²) in [5.74, 6) is 0.634. The fourth-order valence-electron chi connectivity index (χ4n) is 2.82. The van der Waals surface area contributed by atoms with E-state index in [1.807, 2.05) is 60.0 Å². The minimum Gasteiger partial charge on any atom is -0.424 e. The van der Waals surface area contributed by atoms with Crippen LogP contribution in [0.5, 0.6) is 5.75 Å². The van der Waals surface area contributed by atoms with Crippen LogP contribution in [-0.4, -0.2) is 31.5 Å². The van der Waals surface area contributed by atoms with Crippen LogP contribution >= 0.6 is 23.4 Å². The number of hydrogen-bond donors (Lipinski definition) is 0. The lowest BCUT2D eigenvalue weighted by atomic mass is 10.2. The van der Waals surface area contributed by atoms with Crippen molar-refractivity contribution >= 4 is 29.3 Å². The topological polar surface area (TPSA) is 69.9 Å². The normalized spacial score (nSPS) is 10.7. The number of para-hydroxylation sites is 1. The minimum atomic E-state index is -0.418. The third kappa shape index (κ3) is 4.53. The van der Waals surface area contributed by atoms with Crippen LogP contribution in [0.1, 0.15) is 5.56 Å².